The van der Waals surface area contributed by atoms with Crippen molar-refractivity contribution in [2.75, 3.05) is 6.61 Å². The smallest absolute Gasteiger partial charge is 0.0981 e. The average molecular weight is 265 g/mol. The largest absolute Gasteiger partial charge is 0.370 e. The molecule has 2 nitrogen and oxygen atoms in total. The monoisotopic (exact) mass is 265 g/mol. The fourth-order valence-electron chi connectivity index (χ4n) is 3.48. The Kier molecular flexibility index (Phi) is 3.06. The molecule has 1 N–H and O–H groups in total. The molecule has 3 unspecified atom stereocenters. The molecule has 2 aromatic carbocycles. The van der Waals surface area contributed by atoms with Crippen molar-refractivity contribution in [2.24, 2.45) is 0 Å². The first-order chi connectivity index (χ1) is 9.92. The Morgan fingerprint density at radius 1 is 0.950 bits per heavy atom. The number of hydrogen-bond donors (Lipinski definition) is 1. The Labute approximate surface area is 119 Å². The van der Waals surface area contributed by atoms with Gasteiger partial charge in [0.1, 0.15) is 0 Å². The summed E-state index contributed by atoms with van der Waals surface area (Å²) in [5.74, 6) is 0. The summed E-state index contributed by atoms with van der Waals surface area (Å²) in [7, 11) is 0. The van der Waals surface area contributed by atoms with Gasteiger partial charge in [-0.3, -0.25) is 0 Å². The zero-order chi connectivity index (χ0) is 13.4. The van der Waals surface area contributed by atoms with Crippen LogP contribution in [0.1, 0.15) is 35.3 Å². The molecule has 1 heterocycles. The molecular weight excluding hydrogens is 246 g/mol. The second kappa shape index (κ2) is 5.04. The van der Waals surface area contributed by atoms with E-state index in [9.17, 15) is 0 Å². The Bertz CT molecular complexity index is 595. The van der Waals surface area contributed by atoms with Crippen LogP contribution >= 0.6 is 0 Å². The highest BCUT2D eigenvalue weighted by atomic mass is 16.5. The second-order valence-corrected chi connectivity index (χ2v) is 5.73. The summed E-state index contributed by atoms with van der Waals surface area (Å²) in [6, 6.07) is 20.1. The van der Waals surface area contributed by atoms with Crippen LogP contribution in [0.3, 0.4) is 0 Å². The summed E-state index contributed by atoms with van der Waals surface area (Å²) in [6.45, 7) is 0.750. The van der Waals surface area contributed by atoms with Crippen molar-refractivity contribution >= 4 is 0 Å². The molecule has 1 fully saturated rings. The van der Waals surface area contributed by atoms with Crippen LogP contribution in [-0.4, -0.2) is 12.6 Å². The highest BCUT2D eigenvalue weighted by Gasteiger charge is 2.35. The van der Waals surface area contributed by atoms with Crippen molar-refractivity contribution in [1.29, 1.82) is 0 Å². The van der Waals surface area contributed by atoms with E-state index in [1.807, 2.05) is 0 Å². The maximum absolute atomic E-state index is 6.21. The molecule has 0 bridgehead atoms. The van der Waals surface area contributed by atoms with E-state index >= 15 is 0 Å². The van der Waals surface area contributed by atoms with Gasteiger partial charge in [0.05, 0.1) is 18.8 Å². The molecular formula is C18H19NO. The van der Waals surface area contributed by atoms with Crippen LogP contribution in [0.4, 0.5) is 0 Å². The molecule has 4 rings (SSSR count). The second-order valence-electron chi connectivity index (χ2n) is 5.73. The van der Waals surface area contributed by atoms with Gasteiger partial charge in [0, 0.05) is 6.04 Å². The molecule has 0 aromatic heterocycles. The molecule has 2 heteroatoms. The number of rotatable bonds is 1. The van der Waals surface area contributed by atoms with Gasteiger partial charge in [-0.25, -0.2) is 0 Å². The van der Waals surface area contributed by atoms with E-state index in [0.29, 0.717) is 12.1 Å². The molecule has 2 aromatic rings. The minimum Gasteiger partial charge on any atom is -0.370 e. The quantitative estimate of drug-likeness (QED) is 0.853. The zero-order valence-corrected chi connectivity index (χ0v) is 11.5. The molecule has 0 amide bonds. The first kappa shape index (κ1) is 12.1. The lowest BCUT2D eigenvalue weighted by Gasteiger charge is -2.41. The standard InChI is InChI=1S/C18H19NO/c1-2-7-14(8-3-1)17-12-20-18-15-9-5-4-6-13(15)10-11-16(18)19-17/h1-9,16-19H,10-12H2. The van der Waals surface area contributed by atoms with E-state index in [1.54, 1.807) is 0 Å². The van der Waals surface area contributed by atoms with Crippen LogP contribution in [-0.2, 0) is 11.2 Å². The maximum Gasteiger partial charge on any atom is 0.0981 e. The number of ether oxygens (including phenoxy) is 1. The number of hydrogen-bond acceptors (Lipinski definition) is 2. The van der Waals surface area contributed by atoms with E-state index in [1.165, 1.54) is 16.7 Å². The number of aryl methyl sites for hydroxylation is 1. The van der Waals surface area contributed by atoms with Gasteiger partial charge >= 0.3 is 0 Å². The fourth-order valence-corrected chi connectivity index (χ4v) is 3.48. The molecule has 0 radical (unpaired) electrons. The van der Waals surface area contributed by atoms with Crippen molar-refractivity contribution in [3.63, 3.8) is 0 Å². The SMILES string of the molecule is c1ccc(C2COC3c4ccccc4CCC3N2)cc1. The van der Waals surface area contributed by atoms with Gasteiger partial charge in [0.2, 0.25) is 0 Å². The van der Waals surface area contributed by atoms with Crippen LogP contribution < -0.4 is 5.32 Å². The Hall–Kier alpha value is -1.64. The number of morpholine rings is 1. The number of fused-ring (bicyclic) bond motifs is 3. The van der Waals surface area contributed by atoms with Gasteiger partial charge in [-0.15, -0.1) is 0 Å². The van der Waals surface area contributed by atoms with Gasteiger partial charge in [-0.1, -0.05) is 54.6 Å². The Morgan fingerprint density at radius 2 is 1.75 bits per heavy atom. The molecule has 1 saturated heterocycles. The highest BCUT2D eigenvalue weighted by molar-refractivity contribution is 5.34. The first-order valence-corrected chi connectivity index (χ1v) is 7.42. The fraction of sp³-hybridized carbons (Fsp3) is 0.333. The van der Waals surface area contributed by atoms with Crippen molar-refractivity contribution in [3.05, 3.63) is 71.3 Å². The van der Waals surface area contributed by atoms with Crippen LogP contribution in [0.15, 0.2) is 54.6 Å². The van der Waals surface area contributed by atoms with Gasteiger partial charge in [-0.2, -0.15) is 0 Å². The van der Waals surface area contributed by atoms with Gasteiger partial charge < -0.3 is 10.1 Å². The summed E-state index contributed by atoms with van der Waals surface area (Å²) >= 11 is 0. The van der Waals surface area contributed by atoms with E-state index in [2.05, 4.69) is 59.9 Å². The molecule has 102 valence electrons. The van der Waals surface area contributed by atoms with Crippen LogP contribution in [0.25, 0.3) is 0 Å². The van der Waals surface area contributed by atoms with E-state index in [4.69, 9.17) is 4.74 Å². The van der Waals surface area contributed by atoms with E-state index in [0.717, 1.165) is 19.4 Å². The molecule has 1 aliphatic carbocycles. The van der Waals surface area contributed by atoms with Crippen LogP contribution in [0.5, 0.6) is 0 Å². The Morgan fingerprint density at radius 3 is 2.65 bits per heavy atom. The molecule has 1 aliphatic heterocycles. The molecule has 0 spiro atoms. The minimum absolute atomic E-state index is 0.222. The molecule has 0 saturated carbocycles. The summed E-state index contributed by atoms with van der Waals surface area (Å²) in [4.78, 5) is 0. The minimum atomic E-state index is 0.222. The molecule has 3 atom stereocenters. The topological polar surface area (TPSA) is 21.3 Å². The first-order valence-electron chi connectivity index (χ1n) is 7.42. The third-order valence-electron chi connectivity index (χ3n) is 4.51. The van der Waals surface area contributed by atoms with Gasteiger partial charge in [-0.05, 0) is 29.5 Å². The van der Waals surface area contributed by atoms with Crippen LogP contribution in [0, 0.1) is 0 Å². The summed E-state index contributed by atoms with van der Waals surface area (Å²) in [6.07, 6.45) is 2.53. The van der Waals surface area contributed by atoms with Crippen LogP contribution in [0.2, 0.25) is 0 Å². The summed E-state index contributed by atoms with van der Waals surface area (Å²) in [5, 5.41) is 3.79. The predicted octanol–water partition coefficient (Wildman–Crippen LogP) is 3.40. The van der Waals surface area contributed by atoms with Crippen molar-refractivity contribution in [3.8, 4) is 0 Å². The van der Waals surface area contributed by atoms with E-state index < -0.39 is 0 Å². The highest BCUT2D eigenvalue weighted by Crippen LogP contribution is 2.37. The summed E-state index contributed by atoms with van der Waals surface area (Å²) in [5.41, 5.74) is 4.15. The van der Waals surface area contributed by atoms with Crippen molar-refractivity contribution < 1.29 is 4.74 Å². The number of nitrogens with one attached hydrogen (secondary N) is 1. The predicted molar refractivity (Wildman–Crippen MR) is 79.6 cm³/mol. The van der Waals surface area contributed by atoms with Gasteiger partial charge in [0.15, 0.2) is 0 Å². The average Bonchev–Trinajstić information content (AvgIpc) is 2.55. The maximum atomic E-state index is 6.21. The number of benzene rings is 2. The van der Waals surface area contributed by atoms with Crippen molar-refractivity contribution in [2.45, 2.75) is 31.0 Å². The third-order valence-corrected chi connectivity index (χ3v) is 4.51. The van der Waals surface area contributed by atoms with E-state index in [-0.39, 0.29) is 6.10 Å². The van der Waals surface area contributed by atoms with Crippen molar-refractivity contribution in [1.82, 2.24) is 5.32 Å². The third kappa shape index (κ3) is 2.05. The molecule has 2 aliphatic rings. The lowest BCUT2D eigenvalue weighted by Crippen LogP contribution is -2.47. The zero-order valence-electron chi connectivity index (χ0n) is 11.5. The normalized spacial score (nSPS) is 28.5. The Balaban J connectivity index is 1.58. The molecule has 20 heavy (non-hydrogen) atoms. The lowest BCUT2D eigenvalue weighted by molar-refractivity contribution is -0.0369. The summed E-state index contributed by atoms with van der Waals surface area (Å²) < 4.78 is 6.21. The lowest BCUT2D eigenvalue weighted by atomic mass is 9.84. The van der Waals surface area contributed by atoms with Gasteiger partial charge in [0.25, 0.3) is 0 Å².